The second-order valence-electron chi connectivity index (χ2n) is 4.35. The molecule has 0 heterocycles. The Bertz CT molecular complexity index is 488. The van der Waals surface area contributed by atoms with Crippen LogP contribution in [0.4, 0.5) is 11.4 Å². The number of rotatable bonds is 5. The number of amides is 1. The fraction of sp³-hybridized carbons (Fsp3) is 0.417. The molecule has 7 heteroatoms. The molecule has 0 aliphatic heterocycles. The molecule has 0 bridgehead atoms. The minimum Gasteiger partial charge on any atom is -0.395 e. The number of carbonyl (C=O) groups is 1. The fourth-order valence-electron chi connectivity index (χ4n) is 1.72. The van der Waals surface area contributed by atoms with Crippen LogP contribution >= 0.6 is 0 Å². The van der Waals surface area contributed by atoms with Gasteiger partial charge in [-0.3, -0.25) is 14.9 Å². The van der Waals surface area contributed by atoms with Gasteiger partial charge < -0.3 is 15.7 Å². The summed E-state index contributed by atoms with van der Waals surface area (Å²) in [5.74, 6) is -0.314. The van der Waals surface area contributed by atoms with E-state index in [1.54, 1.807) is 0 Å². The predicted molar refractivity (Wildman–Crippen MR) is 70.8 cm³/mol. The number of benzene rings is 1. The van der Waals surface area contributed by atoms with Crippen LogP contribution < -0.4 is 5.73 Å². The van der Waals surface area contributed by atoms with E-state index in [2.05, 4.69) is 0 Å². The zero-order valence-electron chi connectivity index (χ0n) is 10.9. The minimum absolute atomic E-state index is 0.0523. The average Bonchev–Trinajstić information content (AvgIpc) is 2.34. The van der Waals surface area contributed by atoms with Gasteiger partial charge in [0.05, 0.1) is 11.5 Å². The van der Waals surface area contributed by atoms with Gasteiger partial charge in [0.2, 0.25) is 0 Å². The Labute approximate surface area is 110 Å². The summed E-state index contributed by atoms with van der Waals surface area (Å²) in [6.07, 6.45) is 0. The molecule has 0 saturated heterocycles. The topological polar surface area (TPSA) is 110 Å². The van der Waals surface area contributed by atoms with Gasteiger partial charge in [0, 0.05) is 24.2 Å². The number of nitrogens with zero attached hydrogens (tertiary/aromatic N) is 2. The Balaban J connectivity index is 3.05. The molecule has 0 radical (unpaired) electrons. The number of hydrogen-bond acceptors (Lipinski definition) is 5. The lowest BCUT2D eigenvalue weighted by molar-refractivity contribution is -0.383. The number of nitro benzene ring substituents is 1. The normalized spacial score (nSPS) is 10.5. The van der Waals surface area contributed by atoms with Crippen molar-refractivity contribution < 1.29 is 14.8 Å². The molecule has 19 heavy (non-hydrogen) atoms. The molecule has 0 saturated carbocycles. The molecule has 0 aliphatic rings. The van der Waals surface area contributed by atoms with E-state index in [0.717, 1.165) is 0 Å². The number of nitrogen functional groups attached to an aromatic ring is 1. The van der Waals surface area contributed by atoms with E-state index < -0.39 is 4.92 Å². The van der Waals surface area contributed by atoms with Gasteiger partial charge in [-0.05, 0) is 26.0 Å². The first-order chi connectivity index (χ1) is 8.88. The van der Waals surface area contributed by atoms with Gasteiger partial charge in [0.1, 0.15) is 5.69 Å². The summed E-state index contributed by atoms with van der Waals surface area (Å²) < 4.78 is 0. The molecule has 0 spiro atoms. The van der Waals surface area contributed by atoms with Crippen LogP contribution in [0.2, 0.25) is 0 Å². The van der Waals surface area contributed by atoms with E-state index >= 15 is 0 Å². The molecule has 1 rings (SSSR count). The average molecular weight is 267 g/mol. The van der Waals surface area contributed by atoms with Gasteiger partial charge in [-0.25, -0.2) is 0 Å². The number of nitro groups is 1. The fourth-order valence-corrected chi connectivity index (χ4v) is 1.72. The van der Waals surface area contributed by atoms with Crippen LogP contribution in [-0.4, -0.2) is 40.0 Å². The van der Waals surface area contributed by atoms with Crippen LogP contribution in [0.5, 0.6) is 0 Å². The summed E-state index contributed by atoms with van der Waals surface area (Å²) >= 11 is 0. The lowest BCUT2D eigenvalue weighted by atomic mass is 10.1. The van der Waals surface area contributed by atoms with Gasteiger partial charge in [-0.2, -0.15) is 0 Å². The summed E-state index contributed by atoms with van der Waals surface area (Å²) in [7, 11) is 0. The van der Waals surface area contributed by atoms with Gasteiger partial charge in [-0.15, -0.1) is 0 Å². The van der Waals surface area contributed by atoms with Crippen LogP contribution in [0.25, 0.3) is 0 Å². The van der Waals surface area contributed by atoms with Gasteiger partial charge in [0.25, 0.3) is 11.6 Å². The van der Waals surface area contributed by atoms with Crippen molar-refractivity contribution in [1.82, 2.24) is 4.90 Å². The first kappa shape index (κ1) is 14.9. The van der Waals surface area contributed by atoms with Gasteiger partial charge >= 0.3 is 0 Å². The Hall–Kier alpha value is -2.15. The number of hydrogen-bond donors (Lipinski definition) is 2. The van der Waals surface area contributed by atoms with Gasteiger partial charge in [0.15, 0.2) is 0 Å². The van der Waals surface area contributed by atoms with E-state index in [1.165, 1.54) is 23.1 Å². The van der Waals surface area contributed by atoms with Crippen molar-refractivity contribution in [2.24, 2.45) is 0 Å². The van der Waals surface area contributed by atoms with E-state index in [9.17, 15) is 14.9 Å². The number of carbonyl (C=O) groups excluding carboxylic acids is 1. The molecule has 1 amide bonds. The van der Waals surface area contributed by atoms with E-state index in [-0.39, 0.29) is 42.0 Å². The van der Waals surface area contributed by atoms with Crippen molar-refractivity contribution >= 4 is 17.3 Å². The summed E-state index contributed by atoms with van der Waals surface area (Å²) in [6.45, 7) is 3.70. The van der Waals surface area contributed by atoms with E-state index in [0.29, 0.717) is 0 Å². The monoisotopic (exact) mass is 267 g/mol. The largest absolute Gasteiger partial charge is 0.395 e. The summed E-state index contributed by atoms with van der Waals surface area (Å²) in [6, 6.07) is 3.77. The maximum Gasteiger partial charge on any atom is 0.292 e. The second kappa shape index (κ2) is 6.14. The Morgan fingerprint density at radius 1 is 1.53 bits per heavy atom. The maximum absolute atomic E-state index is 12.2. The first-order valence-corrected chi connectivity index (χ1v) is 5.84. The highest BCUT2D eigenvalue weighted by Crippen LogP contribution is 2.23. The van der Waals surface area contributed by atoms with Crippen LogP contribution in [0, 0.1) is 10.1 Å². The number of anilines is 1. The smallest absolute Gasteiger partial charge is 0.292 e. The second-order valence-corrected chi connectivity index (χ2v) is 4.35. The van der Waals surface area contributed by atoms with Gasteiger partial charge in [-0.1, -0.05) is 0 Å². The van der Waals surface area contributed by atoms with Crippen LogP contribution in [0.3, 0.4) is 0 Å². The van der Waals surface area contributed by atoms with Crippen molar-refractivity contribution in [1.29, 1.82) is 0 Å². The third-order valence-corrected chi connectivity index (χ3v) is 2.70. The SMILES string of the molecule is CC(C)N(CCO)C(=O)c1ccc([N+](=O)[O-])c(N)c1. The van der Waals surface area contributed by atoms with Crippen LogP contribution in [0.1, 0.15) is 24.2 Å². The Morgan fingerprint density at radius 2 is 2.16 bits per heavy atom. The third-order valence-electron chi connectivity index (χ3n) is 2.70. The van der Waals surface area contributed by atoms with Crippen molar-refractivity contribution in [2.45, 2.75) is 19.9 Å². The third kappa shape index (κ3) is 3.41. The summed E-state index contributed by atoms with van der Waals surface area (Å²) in [5, 5.41) is 19.6. The highest BCUT2D eigenvalue weighted by Gasteiger charge is 2.20. The molecule has 104 valence electrons. The zero-order valence-corrected chi connectivity index (χ0v) is 10.9. The molecule has 0 atom stereocenters. The molecule has 1 aromatic rings. The molecular weight excluding hydrogens is 250 g/mol. The van der Waals surface area contributed by atoms with Crippen molar-refractivity contribution in [3.05, 3.63) is 33.9 Å². The van der Waals surface area contributed by atoms with Crippen LogP contribution in [-0.2, 0) is 0 Å². The lowest BCUT2D eigenvalue weighted by Crippen LogP contribution is -2.39. The molecule has 0 aromatic heterocycles. The standard InChI is InChI=1S/C12H17N3O4/c1-8(2)14(5-6-16)12(17)9-3-4-11(15(18)19)10(13)7-9/h3-4,7-8,16H,5-6,13H2,1-2H3. The number of aliphatic hydroxyl groups is 1. The molecule has 1 aromatic carbocycles. The summed E-state index contributed by atoms with van der Waals surface area (Å²) in [4.78, 5) is 23.7. The number of aliphatic hydroxyl groups excluding tert-OH is 1. The lowest BCUT2D eigenvalue weighted by Gasteiger charge is -2.26. The summed E-state index contributed by atoms with van der Waals surface area (Å²) in [5.41, 5.74) is 5.54. The quantitative estimate of drug-likeness (QED) is 0.470. The number of nitrogens with two attached hydrogens (primary N) is 1. The van der Waals surface area contributed by atoms with Crippen molar-refractivity contribution in [3.8, 4) is 0 Å². The molecular formula is C12H17N3O4. The van der Waals surface area contributed by atoms with Crippen LogP contribution in [0.15, 0.2) is 18.2 Å². The highest BCUT2D eigenvalue weighted by atomic mass is 16.6. The maximum atomic E-state index is 12.2. The first-order valence-electron chi connectivity index (χ1n) is 5.84. The Morgan fingerprint density at radius 3 is 2.58 bits per heavy atom. The molecule has 3 N–H and O–H groups in total. The van der Waals surface area contributed by atoms with Crippen molar-refractivity contribution in [2.75, 3.05) is 18.9 Å². The molecule has 0 aliphatic carbocycles. The van der Waals surface area contributed by atoms with E-state index in [1.807, 2.05) is 13.8 Å². The Kier molecular flexibility index (Phi) is 4.82. The molecule has 0 unspecified atom stereocenters. The minimum atomic E-state index is -0.600. The zero-order chi connectivity index (χ0) is 14.6. The molecule has 7 nitrogen and oxygen atoms in total. The predicted octanol–water partition coefficient (Wildman–Crippen LogP) is 1.02. The van der Waals surface area contributed by atoms with E-state index in [4.69, 9.17) is 10.8 Å². The van der Waals surface area contributed by atoms with Crippen molar-refractivity contribution in [3.63, 3.8) is 0 Å². The molecule has 0 fully saturated rings. The highest BCUT2D eigenvalue weighted by molar-refractivity contribution is 5.96.